The van der Waals surface area contributed by atoms with Crippen LogP contribution >= 0.6 is 11.5 Å². The third-order valence-corrected chi connectivity index (χ3v) is 4.42. The third kappa shape index (κ3) is 2.94. The predicted octanol–water partition coefficient (Wildman–Crippen LogP) is 1.83. The number of hydrogen-bond acceptors (Lipinski definition) is 6. The summed E-state index contributed by atoms with van der Waals surface area (Å²) in [6.07, 6.45) is 5.35. The molecule has 1 fully saturated rings. The number of anilines is 1. The lowest BCUT2D eigenvalue weighted by molar-refractivity contribution is 0.132. The van der Waals surface area contributed by atoms with Gasteiger partial charge in [0.25, 0.3) is 0 Å². The SMILES string of the molecule is CC1CCCCC1N(C)Cc1nnsc1NN. The monoisotopic (exact) mass is 255 g/mol. The molecule has 0 amide bonds. The minimum Gasteiger partial charge on any atom is -0.313 e. The molecule has 6 heteroatoms. The van der Waals surface area contributed by atoms with Gasteiger partial charge in [0.1, 0.15) is 10.7 Å². The fourth-order valence-electron chi connectivity index (χ4n) is 2.73. The van der Waals surface area contributed by atoms with Crippen molar-refractivity contribution in [1.29, 1.82) is 0 Å². The quantitative estimate of drug-likeness (QED) is 0.634. The van der Waals surface area contributed by atoms with Gasteiger partial charge in [-0.05, 0) is 25.8 Å². The van der Waals surface area contributed by atoms with E-state index in [-0.39, 0.29) is 0 Å². The van der Waals surface area contributed by atoms with Crippen LogP contribution in [0, 0.1) is 5.92 Å². The number of hydrogen-bond donors (Lipinski definition) is 2. The van der Waals surface area contributed by atoms with Crippen LogP contribution in [0.5, 0.6) is 0 Å². The topological polar surface area (TPSA) is 67.1 Å². The molecule has 1 aromatic heterocycles. The first-order chi connectivity index (χ1) is 8.22. The second-order valence-electron chi connectivity index (χ2n) is 4.94. The zero-order valence-corrected chi connectivity index (χ0v) is 11.3. The number of rotatable bonds is 4. The van der Waals surface area contributed by atoms with E-state index >= 15 is 0 Å². The van der Waals surface area contributed by atoms with Gasteiger partial charge in [0.15, 0.2) is 0 Å². The fourth-order valence-corrected chi connectivity index (χ4v) is 3.21. The Balaban J connectivity index is 1.98. The van der Waals surface area contributed by atoms with Crippen LogP contribution in [-0.2, 0) is 6.54 Å². The number of nitrogens with one attached hydrogen (secondary N) is 1. The third-order valence-electron chi connectivity index (χ3n) is 3.72. The number of aromatic nitrogens is 2. The molecule has 0 spiro atoms. The van der Waals surface area contributed by atoms with Crippen molar-refractivity contribution >= 4 is 16.5 Å². The maximum Gasteiger partial charge on any atom is 0.148 e. The molecule has 1 saturated carbocycles. The lowest BCUT2D eigenvalue weighted by Crippen LogP contribution is -2.38. The molecule has 2 rings (SSSR count). The number of hydrazine groups is 1. The van der Waals surface area contributed by atoms with Gasteiger partial charge < -0.3 is 5.43 Å². The van der Waals surface area contributed by atoms with E-state index in [2.05, 4.69) is 33.9 Å². The standard InChI is InChI=1S/C11H21N5S/c1-8-5-3-4-6-10(8)16(2)7-9-11(13-12)17-15-14-9/h8,10,13H,3-7,12H2,1-2H3. The zero-order chi connectivity index (χ0) is 12.3. The van der Waals surface area contributed by atoms with E-state index in [4.69, 9.17) is 5.84 Å². The van der Waals surface area contributed by atoms with Crippen molar-refractivity contribution in [2.45, 2.75) is 45.2 Å². The van der Waals surface area contributed by atoms with Crippen molar-refractivity contribution in [3.8, 4) is 0 Å². The van der Waals surface area contributed by atoms with Gasteiger partial charge in [0, 0.05) is 24.1 Å². The summed E-state index contributed by atoms with van der Waals surface area (Å²) in [7, 11) is 2.17. The van der Waals surface area contributed by atoms with Crippen LogP contribution in [0.4, 0.5) is 5.00 Å². The molecular formula is C11H21N5S. The molecular weight excluding hydrogens is 234 g/mol. The summed E-state index contributed by atoms with van der Waals surface area (Å²) in [5, 5.41) is 5.01. The van der Waals surface area contributed by atoms with Crippen LogP contribution in [0.2, 0.25) is 0 Å². The second kappa shape index (κ2) is 5.75. The maximum absolute atomic E-state index is 5.44. The summed E-state index contributed by atoms with van der Waals surface area (Å²) in [6, 6.07) is 0.663. The van der Waals surface area contributed by atoms with Crippen molar-refractivity contribution in [3.05, 3.63) is 5.69 Å². The van der Waals surface area contributed by atoms with Gasteiger partial charge in [-0.2, -0.15) is 0 Å². The van der Waals surface area contributed by atoms with Gasteiger partial charge in [-0.1, -0.05) is 24.3 Å². The molecule has 0 aliphatic heterocycles. The van der Waals surface area contributed by atoms with Crippen molar-refractivity contribution in [3.63, 3.8) is 0 Å². The van der Waals surface area contributed by atoms with Crippen LogP contribution in [0.1, 0.15) is 38.3 Å². The molecule has 2 unspecified atom stereocenters. The minimum absolute atomic E-state index is 0.663. The van der Waals surface area contributed by atoms with E-state index < -0.39 is 0 Å². The molecule has 0 saturated heterocycles. The van der Waals surface area contributed by atoms with Gasteiger partial charge in [-0.3, -0.25) is 4.90 Å². The fraction of sp³-hybridized carbons (Fsp3) is 0.818. The summed E-state index contributed by atoms with van der Waals surface area (Å²) >= 11 is 1.32. The minimum atomic E-state index is 0.663. The van der Waals surface area contributed by atoms with Crippen molar-refractivity contribution in [2.75, 3.05) is 12.5 Å². The highest BCUT2D eigenvalue weighted by atomic mass is 32.1. The largest absolute Gasteiger partial charge is 0.313 e. The Morgan fingerprint density at radius 3 is 2.94 bits per heavy atom. The Kier molecular flexibility index (Phi) is 4.31. The first-order valence-electron chi connectivity index (χ1n) is 6.20. The molecule has 1 aliphatic rings. The maximum atomic E-state index is 5.44. The van der Waals surface area contributed by atoms with E-state index in [1.54, 1.807) is 0 Å². The molecule has 3 N–H and O–H groups in total. The Labute approximate surface area is 107 Å². The summed E-state index contributed by atoms with van der Waals surface area (Å²) in [6.45, 7) is 3.17. The van der Waals surface area contributed by atoms with E-state index in [0.29, 0.717) is 6.04 Å². The summed E-state index contributed by atoms with van der Waals surface area (Å²) < 4.78 is 3.93. The Bertz CT molecular complexity index is 353. The van der Waals surface area contributed by atoms with Crippen LogP contribution in [-0.4, -0.2) is 27.6 Å². The van der Waals surface area contributed by atoms with Crippen LogP contribution < -0.4 is 11.3 Å². The molecule has 0 bridgehead atoms. The molecule has 0 radical (unpaired) electrons. The number of nitrogens with two attached hydrogens (primary N) is 1. The number of nitrogen functional groups attached to an aromatic ring is 1. The average Bonchev–Trinajstić information content (AvgIpc) is 2.76. The summed E-state index contributed by atoms with van der Waals surface area (Å²) in [5.41, 5.74) is 3.62. The van der Waals surface area contributed by atoms with E-state index in [1.165, 1.54) is 37.2 Å². The summed E-state index contributed by atoms with van der Waals surface area (Å²) in [5.74, 6) is 6.21. The zero-order valence-electron chi connectivity index (χ0n) is 10.5. The second-order valence-corrected chi connectivity index (χ2v) is 5.69. The molecule has 0 aromatic carbocycles. The molecule has 1 aromatic rings. The van der Waals surface area contributed by atoms with E-state index in [0.717, 1.165) is 23.2 Å². The Hall–Kier alpha value is -0.720. The molecule has 17 heavy (non-hydrogen) atoms. The van der Waals surface area contributed by atoms with E-state index in [9.17, 15) is 0 Å². The first-order valence-corrected chi connectivity index (χ1v) is 6.97. The smallest absolute Gasteiger partial charge is 0.148 e. The first kappa shape index (κ1) is 12.7. The van der Waals surface area contributed by atoms with Crippen molar-refractivity contribution in [2.24, 2.45) is 11.8 Å². The van der Waals surface area contributed by atoms with Crippen LogP contribution in [0.3, 0.4) is 0 Å². The molecule has 1 heterocycles. The van der Waals surface area contributed by atoms with Crippen molar-refractivity contribution < 1.29 is 0 Å². The highest BCUT2D eigenvalue weighted by molar-refractivity contribution is 7.10. The lowest BCUT2D eigenvalue weighted by Gasteiger charge is -2.35. The van der Waals surface area contributed by atoms with Crippen LogP contribution in [0.25, 0.3) is 0 Å². The van der Waals surface area contributed by atoms with Crippen LogP contribution in [0.15, 0.2) is 0 Å². The normalized spacial score (nSPS) is 25.2. The van der Waals surface area contributed by atoms with Gasteiger partial charge in [-0.25, -0.2) is 5.84 Å². The summed E-state index contributed by atoms with van der Waals surface area (Å²) in [4.78, 5) is 2.39. The van der Waals surface area contributed by atoms with Gasteiger partial charge in [-0.15, -0.1) is 5.10 Å². The highest BCUT2D eigenvalue weighted by Crippen LogP contribution is 2.29. The van der Waals surface area contributed by atoms with Gasteiger partial charge >= 0.3 is 0 Å². The molecule has 1 aliphatic carbocycles. The van der Waals surface area contributed by atoms with Crippen molar-refractivity contribution in [1.82, 2.24) is 14.5 Å². The number of nitrogens with zero attached hydrogens (tertiary/aromatic N) is 3. The highest BCUT2D eigenvalue weighted by Gasteiger charge is 2.25. The molecule has 96 valence electrons. The molecule has 2 atom stereocenters. The lowest BCUT2D eigenvalue weighted by atomic mass is 9.85. The van der Waals surface area contributed by atoms with Gasteiger partial charge in [0.05, 0.1) is 0 Å². The Morgan fingerprint density at radius 2 is 2.24 bits per heavy atom. The molecule has 5 nitrogen and oxygen atoms in total. The van der Waals surface area contributed by atoms with Gasteiger partial charge in [0.2, 0.25) is 0 Å². The van der Waals surface area contributed by atoms with E-state index in [1.807, 2.05) is 0 Å². The predicted molar refractivity (Wildman–Crippen MR) is 70.6 cm³/mol. The Morgan fingerprint density at radius 1 is 1.47 bits per heavy atom. The average molecular weight is 255 g/mol.